The van der Waals surface area contributed by atoms with E-state index in [0.29, 0.717) is 56.3 Å². The van der Waals surface area contributed by atoms with Gasteiger partial charge in [-0.05, 0) is 67.6 Å². The van der Waals surface area contributed by atoms with Crippen molar-refractivity contribution in [3.05, 3.63) is 52.8 Å². The minimum absolute atomic E-state index is 0.174. The molecule has 2 aromatic carbocycles. The predicted molar refractivity (Wildman–Crippen MR) is 132 cm³/mol. The standard InChI is InChI=1S/C26H31ClFN3O4/c27-19-4-6-20(7-5-19)31-12-9-26(17-31,25(29)32)35-23(30-10-1-2-11-30)8-3-18-15-21(28)24-22(16-18)33-13-14-34-24/h4-7,15-16,23H,1-3,8-14,17H2,(H2,29,32). The molecule has 3 aliphatic rings. The van der Waals surface area contributed by atoms with Gasteiger partial charge in [-0.25, -0.2) is 4.39 Å². The van der Waals surface area contributed by atoms with E-state index in [4.69, 9.17) is 31.5 Å². The van der Waals surface area contributed by atoms with Crippen molar-refractivity contribution in [2.45, 2.75) is 43.9 Å². The summed E-state index contributed by atoms with van der Waals surface area (Å²) in [6, 6.07) is 10.9. The first-order valence-electron chi connectivity index (χ1n) is 12.2. The minimum atomic E-state index is -1.09. The van der Waals surface area contributed by atoms with Crippen LogP contribution in [0.1, 0.15) is 31.2 Å². The molecule has 2 atom stereocenters. The van der Waals surface area contributed by atoms with E-state index in [1.807, 2.05) is 30.3 Å². The van der Waals surface area contributed by atoms with Gasteiger partial charge >= 0.3 is 0 Å². The molecule has 188 valence electrons. The lowest BCUT2D eigenvalue weighted by atomic mass is 10.0. The zero-order valence-electron chi connectivity index (χ0n) is 19.7. The summed E-state index contributed by atoms with van der Waals surface area (Å²) in [4.78, 5) is 17.1. The number of hydrogen-bond donors (Lipinski definition) is 1. The Bertz CT molecular complexity index is 1060. The van der Waals surface area contributed by atoms with Gasteiger partial charge in [-0.15, -0.1) is 0 Å². The Morgan fingerprint density at radius 1 is 1.14 bits per heavy atom. The highest BCUT2D eigenvalue weighted by atomic mass is 35.5. The molecule has 0 bridgehead atoms. The Morgan fingerprint density at radius 3 is 2.63 bits per heavy atom. The lowest BCUT2D eigenvalue weighted by Crippen LogP contribution is -2.53. The first kappa shape index (κ1) is 24.2. The van der Waals surface area contributed by atoms with Gasteiger partial charge in [0.2, 0.25) is 0 Å². The molecule has 2 saturated heterocycles. The van der Waals surface area contributed by atoms with Crippen molar-refractivity contribution in [3.63, 3.8) is 0 Å². The predicted octanol–water partition coefficient (Wildman–Crippen LogP) is 3.76. The van der Waals surface area contributed by atoms with Crippen LogP contribution < -0.4 is 20.1 Å². The van der Waals surface area contributed by atoms with E-state index in [9.17, 15) is 9.18 Å². The quantitative estimate of drug-likeness (QED) is 0.591. The van der Waals surface area contributed by atoms with Crippen LogP contribution in [0.25, 0.3) is 0 Å². The summed E-state index contributed by atoms with van der Waals surface area (Å²) in [6.07, 6.45) is 3.55. The highest BCUT2D eigenvalue weighted by molar-refractivity contribution is 6.30. The molecule has 0 spiro atoms. The largest absolute Gasteiger partial charge is 0.486 e. The number of primary amides is 1. The number of carbonyl (C=O) groups is 1. The molecule has 2 fully saturated rings. The lowest BCUT2D eigenvalue weighted by molar-refractivity contribution is -0.167. The Morgan fingerprint density at radius 2 is 1.89 bits per heavy atom. The van der Waals surface area contributed by atoms with Crippen molar-refractivity contribution in [3.8, 4) is 11.5 Å². The zero-order chi connectivity index (χ0) is 24.4. The molecule has 35 heavy (non-hydrogen) atoms. The first-order valence-corrected chi connectivity index (χ1v) is 12.6. The van der Waals surface area contributed by atoms with E-state index < -0.39 is 17.3 Å². The maximum absolute atomic E-state index is 14.6. The third kappa shape index (κ3) is 5.20. The van der Waals surface area contributed by atoms with Gasteiger partial charge in [-0.3, -0.25) is 9.69 Å². The molecule has 0 aliphatic carbocycles. The van der Waals surface area contributed by atoms with Crippen LogP contribution >= 0.6 is 11.6 Å². The van der Waals surface area contributed by atoms with Crippen LogP contribution in [-0.2, 0) is 16.0 Å². The number of benzene rings is 2. The van der Waals surface area contributed by atoms with Gasteiger partial charge in [0.05, 0.1) is 6.54 Å². The fourth-order valence-electron chi connectivity index (χ4n) is 5.21. The minimum Gasteiger partial charge on any atom is -0.486 e. The van der Waals surface area contributed by atoms with Crippen LogP contribution in [-0.4, -0.2) is 62.0 Å². The molecular formula is C26H31ClFN3O4. The van der Waals surface area contributed by atoms with Gasteiger partial charge in [0.15, 0.2) is 22.9 Å². The van der Waals surface area contributed by atoms with E-state index >= 15 is 0 Å². The fourth-order valence-corrected chi connectivity index (χ4v) is 5.34. The molecule has 2 N–H and O–H groups in total. The zero-order valence-corrected chi connectivity index (χ0v) is 20.4. The summed E-state index contributed by atoms with van der Waals surface area (Å²) in [5.74, 6) is -0.261. The van der Waals surface area contributed by atoms with Crippen LogP contribution in [0.2, 0.25) is 5.02 Å². The molecule has 0 saturated carbocycles. The topological polar surface area (TPSA) is 77.3 Å². The third-order valence-corrected chi connectivity index (χ3v) is 7.37. The number of halogens is 2. The average Bonchev–Trinajstić information content (AvgIpc) is 3.54. The molecule has 5 rings (SSSR count). The van der Waals surface area contributed by atoms with Crippen LogP contribution in [0.15, 0.2) is 36.4 Å². The van der Waals surface area contributed by atoms with Crippen molar-refractivity contribution in [1.82, 2.24) is 4.90 Å². The summed E-state index contributed by atoms with van der Waals surface area (Å²) < 4.78 is 32.2. The second kappa shape index (κ2) is 10.2. The number of ether oxygens (including phenoxy) is 3. The average molecular weight is 504 g/mol. The fraction of sp³-hybridized carbons (Fsp3) is 0.500. The highest BCUT2D eigenvalue weighted by Gasteiger charge is 2.47. The number of rotatable bonds is 8. The molecule has 3 aliphatic heterocycles. The maximum atomic E-state index is 14.6. The summed E-state index contributed by atoms with van der Waals surface area (Å²) in [5.41, 5.74) is 6.63. The number of aryl methyl sites for hydroxylation is 1. The van der Waals surface area contributed by atoms with E-state index in [2.05, 4.69) is 9.80 Å². The monoisotopic (exact) mass is 503 g/mol. The number of amides is 1. The van der Waals surface area contributed by atoms with E-state index in [0.717, 1.165) is 37.2 Å². The number of carbonyl (C=O) groups excluding carboxylic acids is 1. The Balaban J connectivity index is 1.32. The van der Waals surface area contributed by atoms with Gasteiger partial charge in [0, 0.05) is 36.8 Å². The van der Waals surface area contributed by atoms with Gasteiger partial charge < -0.3 is 24.8 Å². The summed E-state index contributed by atoms with van der Waals surface area (Å²) >= 11 is 6.04. The second-order valence-electron chi connectivity index (χ2n) is 9.46. The summed E-state index contributed by atoms with van der Waals surface area (Å²) in [6.45, 7) is 3.58. The number of fused-ring (bicyclic) bond motifs is 1. The van der Waals surface area contributed by atoms with Crippen molar-refractivity contribution in [2.75, 3.05) is 44.3 Å². The van der Waals surface area contributed by atoms with Crippen molar-refractivity contribution in [2.24, 2.45) is 5.73 Å². The molecule has 0 aromatic heterocycles. The molecule has 2 aromatic rings. The molecule has 1 amide bonds. The highest BCUT2D eigenvalue weighted by Crippen LogP contribution is 2.36. The number of hydrogen-bond acceptors (Lipinski definition) is 6. The second-order valence-corrected chi connectivity index (χ2v) is 9.90. The Kier molecular flexibility index (Phi) is 7.05. The van der Waals surface area contributed by atoms with Gasteiger partial charge in [0.1, 0.15) is 19.4 Å². The van der Waals surface area contributed by atoms with Gasteiger partial charge in [0.25, 0.3) is 5.91 Å². The first-order chi connectivity index (χ1) is 16.9. The van der Waals surface area contributed by atoms with Crippen LogP contribution in [0, 0.1) is 5.82 Å². The van der Waals surface area contributed by atoms with E-state index in [1.165, 1.54) is 6.07 Å². The maximum Gasteiger partial charge on any atom is 0.251 e. The molecule has 2 unspecified atom stereocenters. The van der Waals surface area contributed by atoms with Gasteiger partial charge in [-0.2, -0.15) is 0 Å². The normalized spacial score (nSPS) is 23.0. The van der Waals surface area contributed by atoms with Crippen molar-refractivity contribution in [1.29, 1.82) is 0 Å². The lowest BCUT2D eigenvalue weighted by Gasteiger charge is -2.36. The summed E-state index contributed by atoms with van der Waals surface area (Å²) in [7, 11) is 0. The van der Waals surface area contributed by atoms with Crippen molar-refractivity contribution < 1.29 is 23.4 Å². The molecule has 9 heteroatoms. The number of nitrogens with two attached hydrogens (primary N) is 1. The SMILES string of the molecule is NC(=O)C1(OC(CCc2cc(F)c3c(c2)OCCO3)N2CCCC2)CCN(c2ccc(Cl)cc2)C1. The number of nitrogens with zero attached hydrogens (tertiary/aromatic N) is 2. The third-order valence-electron chi connectivity index (χ3n) is 7.12. The molecule has 0 radical (unpaired) electrons. The molecular weight excluding hydrogens is 473 g/mol. The van der Waals surface area contributed by atoms with Crippen LogP contribution in [0.5, 0.6) is 11.5 Å². The van der Waals surface area contributed by atoms with Crippen LogP contribution in [0.3, 0.4) is 0 Å². The number of likely N-dealkylation sites (tertiary alicyclic amines) is 1. The Hall–Kier alpha value is -2.55. The van der Waals surface area contributed by atoms with E-state index in [1.54, 1.807) is 0 Å². The smallest absolute Gasteiger partial charge is 0.251 e. The molecule has 7 nitrogen and oxygen atoms in total. The van der Waals surface area contributed by atoms with Crippen LogP contribution in [0.4, 0.5) is 10.1 Å². The summed E-state index contributed by atoms with van der Waals surface area (Å²) in [5, 5.41) is 0.662. The van der Waals surface area contributed by atoms with Gasteiger partial charge in [-0.1, -0.05) is 11.6 Å². The van der Waals surface area contributed by atoms with Crippen molar-refractivity contribution >= 4 is 23.2 Å². The molecule has 3 heterocycles. The van der Waals surface area contributed by atoms with E-state index in [-0.39, 0.29) is 12.0 Å². The Labute approximate surface area is 209 Å². The number of anilines is 1.